The quantitative estimate of drug-likeness (QED) is 0.768. The van der Waals surface area contributed by atoms with Gasteiger partial charge in [0.05, 0.1) is 5.52 Å². The zero-order valence-electron chi connectivity index (χ0n) is 11.4. The van der Waals surface area contributed by atoms with E-state index >= 15 is 0 Å². The number of carboxylic acid groups (broad SMARTS) is 1. The molecule has 3 rings (SSSR count). The lowest BCUT2D eigenvalue weighted by Crippen LogP contribution is -2.06. The summed E-state index contributed by atoms with van der Waals surface area (Å²) >= 11 is 0. The zero-order valence-corrected chi connectivity index (χ0v) is 11.4. The second kappa shape index (κ2) is 5.20. The number of benzene rings is 1. The van der Waals surface area contributed by atoms with Crippen molar-refractivity contribution in [1.82, 2.24) is 9.97 Å². The summed E-state index contributed by atoms with van der Waals surface area (Å²) in [7, 11) is 0. The van der Waals surface area contributed by atoms with E-state index in [1.807, 2.05) is 37.3 Å². The second-order valence-corrected chi connectivity index (χ2v) is 4.68. The van der Waals surface area contributed by atoms with Crippen LogP contribution in [0.25, 0.3) is 10.9 Å². The number of nitrogens with zero attached hydrogens (tertiary/aromatic N) is 2. The van der Waals surface area contributed by atoms with Gasteiger partial charge in [-0.25, -0.2) is 14.8 Å². The van der Waals surface area contributed by atoms with Crippen LogP contribution in [-0.4, -0.2) is 21.0 Å². The van der Waals surface area contributed by atoms with Crippen molar-refractivity contribution in [2.24, 2.45) is 0 Å². The third-order valence-corrected chi connectivity index (χ3v) is 3.19. The highest BCUT2D eigenvalue weighted by atomic mass is 16.4. The first-order chi connectivity index (χ1) is 10.1. The first-order valence-electron chi connectivity index (χ1n) is 6.47. The van der Waals surface area contributed by atoms with Crippen LogP contribution < -0.4 is 5.32 Å². The summed E-state index contributed by atoms with van der Waals surface area (Å²) in [6.45, 7) is 1.92. The molecule has 0 spiro atoms. The van der Waals surface area contributed by atoms with E-state index in [1.54, 1.807) is 12.3 Å². The smallest absolute Gasteiger partial charge is 0.339 e. The van der Waals surface area contributed by atoms with Crippen LogP contribution in [0.1, 0.15) is 15.9 Å². The molecule has 0 aliphatic rings. The van der Waals surface area contributed by atoms with Crippen molar-refractivity contribution in [2.45, 2.75) is 6.92 Å². The monoisotopic (exact) mass is 279 g/mol. The van der Waals surface area contributed by atoms with E-state index in [2.05, 4.69) is 15.3 Å². The highest BCUT2D eigenvalue weighted by Crippen LogP contribution is 2.23. The molecule has 0 bridgehead atoms. The Bertz CT molecular complexity index is 831. The molecule has 21 heavy (non-hydrogen) atoms. The number of aromatic nitrogens is 2. The maximum absolute atomic E-state index is 11.2. The number of anilines is 2. The van der Waals surface area contributed by atoms with E-state index in [4.69, 9.17) is 0 Å². The predicted molar refractivity (Wildman–Crippen MR) is 81.0 cm³/mol. The minimum absolute atomic E-state index is 0.117. The van der Waals surface area contributed by atoms with Gasteiger partial charge in [-0.1, -0.05) is 18.2 Å². The van der Waals surface area contributed by atoms with Crippen LogP contribution in [0.15, 0.2) is 48.7 Å². The van der Waals surface area contributed by atoms with Crippen molar-refractivity contribution in [3.8, 4) is 0 Å². The first-order valence-corrected chi connectivity index (χ1v) is 6.47. The van der Waals surface area contributed by atoms with Crippen LogP contribution in [0, 0.1) is 6.92 Å². The van der Waals surface area contributed by atoms with Gasteiger partial charge in [0.2, 0.25) is 0 Å². The van der Waals surface area contributed by atoms with Gasteiger partial charge in [-0.05, 0) is 36.8 Å². The molecule has 2 aromatic heterocycles. The zero-order chi connectivity index (χ0) is 14.8. The average Bonchev–Trinajstić information content (AvgIpc) is 2.48. The summed E-state index contributed by atoms with van der Waals surface area (Å²) in [6.07, 6.45) is 1.55. The van der Waals surface area contributed by atoms with Gasteiger partial charge in [-0.3, -0.25) is 0 Å². The number of nitrogens with one attached hydrogen (secondary N) is 1. The molecule has 0 saturated heterocycles. The number of rotatable bonds is 3. The number of hydrogen-bond donors (Lipinski definition) is 2. The fraction of sp³-hybridized carbons (Fsp3) is 0.0625. The topological polar surface area (TPSA) is 75.1 Å². The highest BCUT2D eigenvalue weighted by Gasteiger charge is 2.12. The lowest BCUT2D eigenvalue weighted by Gasteiger charge is -2.11. The molecule has 1 aromatic carbocycles. The SMILES string of the molecule is Cc1cc2ccccc2nc1Nc1ncccc1C(=O)O. The largest absolute Gasteiger partial charge is 0.478 e. The number of fused-ring (bicyclic) bond motifs is 1. The Morgan fingerprint density at radius 1 is 1.14 bits per heavy atom. The van der Waals surface area contributed by atoms with Gasteiger partial charge >= 0.3 is 5.97 Å². The number of carbonyl (C=O) groups is 1. The van der Waals surface area contributed by atoms with Crippen LogP contribution >= 0.6 is 0 Å². The van der Waals surface area contributed by atoms with Gasteiger partial charge in [0.25, 0.3) is 0 Å². The fourth-order valence-corrected chi connectivity index (χ4v) is 2.14. The summed E-state index contributed by atoms with van der Waals surface area (Å²) in [6, 6.07) is 12.9. The van der Waals surface area contributed by atoms with Gasteiger partial charge in [-0.2, -0.15) is 0 Å². The van der Waals surface area contributed by atoms with Crippen molar-refractivity contribution >= 4 is 28.5 Å². The lowest BCUT2D eigenvalue weighted by molar-refractivity contribution is 0.0697. The molecule has 3 aromatic rings. The van der Waals surface area contributed by atoms with Gasteiger partial charge in [-0.15, -0.1) is 0 Å². The summed E-state index contributed by atoms with van der Waals surface area (Å²) in [5.41, 5.74) is 1.89. The molecule has 0 atom stereocenters. The normalized spacial score (nSPS) is 10.5. The molecule has 0 aliphatic carbocycles. The maximum Gasteiger partial charge on any atom is 0.339 e. The van der Waals surface area contributed by atoms with Crippen LogP contribution in [0.2, 0.25) is 0 Å². The number of hydrogen-bond acceptors (Lipinski definition) is 4. The number of carboxylic acids is 1. The van der Waals surface area contributed by atoms with Crippen LogP contribution in [0.5, 0.6) is 0 Å². The molecule has 2 N–H and O–H groups in total. The van der Waals surface area contributed by atoms with Crippen molar-refractivity contribution in [3.05, 3.63) is 59.8 Å². The second-order valence-electron chi connectivity index (χ2n) is 4.68. The fourth-order valence-electron chi connectivity index (χ4n) is 2.14. The lowest BCUT2D eigenvalue weighted by atomic mass is 10.1. The number of para-hydroxylation sites is 1. The van der Waals surface area contributed by atoms with Crippen molar-refractivity contribution in [1.29, 1.82) is 0 Å². The summed E-state index contributed by atoms with van der Waals surface area (Å²) in [5.74, 6) is -0.130. The molecule has 0 aliphatic heterocycles. The summed E-state index contributed by atoms with van der Waals surface area (Å²) in [5, 5.41) is 13.2. The average molecular weight is 279 g/mol. The van der Waals surface area contributed by atoms with E-state index in [0.717, 1.165) is 16.5 Å². The molecular weight excluding hydrogens is 266 g/mol. The van der Waals surface area contributed by atoms with Crippen LogP contribution in [0.4, 0.5) is 11.6 Å². The Kier molecular flexibility index (Phi) is 3.23. The van der Waals surface area contributed by atoms with Gasteiger partial charge in [0.1, 0.15) is 17.2 Å². The summed E-state index contributed by atoms with van der Waals surface area (Å²) in [4.78, 5) is 19.8. The Balaban J connectivity index is 2.06. The maximum atomic E-state index is 11.2. The van der Waals surface area contributed by atoms with Crippen molar-refractivity contribution < 1.29 is 9.90 Å². The molecule has 0 saturated carbocycles. The molecule has 5 heteroatoms. The minimum atomic E-state index is -1.02. The minimum Gasteiger partial charge on any atom is -0.478 e. The Hall–Kier alpha value is -2.95. The van der Waals surface area contributed by atoms with Gasteiger partial charge < -0.3 is 10.4 Å². The van der Waals surface area contributed by atoms with Crippen molar-refractivity contribution in [3.63, 3.8) is 0 Å². The molecule has 5 nitrogen and oxygen atoms in total. The van der Waals surface area contributed by atoms with E-state index in [9.17, 15) is 9.90 Å². The Morgan fingerprint density at radius 2 is 1.95 bits per heavy atom. The standard InChI is InChI=1S/C16H13N3O2/c1-10-9-11-5-2-3-7-13(11)18-14(10)19-15-12(16(20)21)6-4-8-17-15/h2-9H,1H3,(H,20,21)(H,17,18,19). The first kappa shape index (κ1) is 13.1. The van der Waals surface area contributed by atoms with Gasteiger partial charge in [0, 0.05) is 11.6 Å². The Labute approximate surface area is 121 Å². The molecule has 0 unspecified atom stereocenters. The van der Waals surface area contributed by atoms with E-state index in [1.165, 1.54) is 6.07 Å². The van der Waals surface area contributed by atoms with E-state index in [0.29, 0.717) is 5.82 Å². The predicted octanol–water partition coefficient (Wildman–Crippen LogP) is 3.38. The molecule has 0 radical (unpaired) electrons. The Morgan fingerprint density at radius 3 is 2.76 bits per heavy atom. The molecule has 104 valence electrons. The van der Waals surface area contributed by atoms with E-state index in [-0.39, 0.29) is 11.4 Å². The van der Waals surface area contributed by atoms with Gasteiger partial charge in [0.15, 0.2) is 0 Å². The number of pyridine rings is 2. The molecule has 2 heterocycles. The third kappa shape index (κ3) is 2.53. The molecule has 0 amide bonds. The molecular formula is C16H13N3O2. The van der Waals surface area contributed by atoms with Crippen molar-refractivity contribution in [2.75, 3.05) is 5.32 Å². The number of aromatic carboxylic acids is 1. The summed E-state index contributed by atoms with van der Waals surface area (Å²) < 4.78 is 0. The molecule has 0 fully saturated rings. The highest BCUT2D eigenvalue weighted by molar-refractivity contribution is 5.94. The van der Waals surface area contributed by atoms with E-state index < -0.39 is 5.97 Å². The third-order valence-electron chi connectivity index (χ3n) is 3.19. The number of aryl methyl sites for hydroxylation is 1. The van der Waals surface area contributed by atoms with Crippen LogP contribution in [-0.2, 0) is 0 Å². The van der Waals surface area contributed by atoms with Crippen LogP contribution in [0.3, 0.4) is 0 Å².